The molecule has 2 aromatic carbocycles. The number of benzene rings is 2. The highest BCUT2D eigenvalue weighted by molar-refractivity contribution is 6.04. The van der Waals surface area contributed by atoms with Crippen LogP contribution < -0.4 is 10.1 Å². The molecule has 0 aliphatic rings. The third-order valence-electron chi connectivity index (χ3n) is 5.06. The summed E-state index contributed by atoms with van der Waals surface area (Å²) in [7, 11) is 0. The van der Waals surface area contributed by atoms with E-state index in [4.69, 9.17) is 4.74 Å². The Bertz CT molecular complexity index is 1110. The molecule has 32 heavy (non-hydrogen) atoms. The van der Waals surface area contributed by atoms with E-state index in [0.29, 0.717) is 11.6 Å². The maximum atomic E-state index is 12.7. The Morgan fingerprint density at radius 3 is 2.22 bits per heavy atom. The van der Waals surface area contributed by atoms with E-state index in [1.54, 1.807) is 12.1 Å². The molecule has 167 valence electrons. The van der Waals surface area contributed by atoms with Crippen molar-refractivity contribution in [2.45, 2.75) is 46.2 Å². The molecule has 1 amide bonds. The van der Waals surface area contributed by atoms with Crippen LogP contribution in [0.5, 0.6) is 11.6 Å². The molecule has 7 heteroatoms. The summed E-state index contributed by atoms with van der Waals surface area (Å²) in [4.78, 5) is 16.6. The first kappa shape index (κ1) is 23.3. The van der Waals surface area contributed by atoms with Gasteiger partial charge >= 0.3 is 6.18 Å². The highest BCUT2D eigenvalue weighted by atomic mass is 19.4. The van der Waals surface area contributed by atoms with Crippen LogP contribution in [0.3, 0.4) is 0 Å². The second-order valence-electron chi connectivity index (χ2n) is 8.55. The van der Waals surface area contributed by atoms with Crippen LogP contribution in [0.1, 0.15) is 53.4 Å². The number of nitrogens with one attached hydrogen (secondary N) is 1. The van der Waals surface area contributed by atoms with Gasteiger partial charge in [0, 0.05) is 17.2 Å². The van der Waals surface area contributed by atoms with Crippen LogP contribution in [0, 0.1) is 19.9 Å². The molecule has 0 aliphatic heterocycles. The first-order chi connectivity index (χ1) is 14.9. The molecule has 1 heterocycles. The van der Waals surface area contributed by atoms with Crippen LogP contribution >= 0.6 is 0 Å². The Morgan fingerprint density at radius 1 is 1.03 bits per heavy atom. The van der Waals surface area contributed by atoms with E-state index in [9.17, 15) is 18.0 Å². The molecule has 3 rings (SSSR count). The molecule has 1 aromatic heterocycles. The minimum absolute atomic E-state index is 0.111. The van der Waals surface area contributed by atoms with E-state index < -0.39 is 17.6 Å². The molecule has 1 N–H and O–H groups in total. The van der Waals surface area contributed by atoms with Crippen molar-refractivity contribution in [1.82, 2.24) is 4.98 Å². The lowest BCUT2D eigenvalue weighted by molar-refractivity contribution is -0.137. The van der Waals surface area contributed by atoms with Gasteiger partial charge in [-0.15, -0.1) is 0 Å². The highest BCUT2D eigenvalue weighted by Crippen LogP contribution is 2.37. The summed E-state index contributed by atoms with van der Waals surface area (Å²) in [5.41, 5.74) is 2.50. The van der Waals surface area contributed by atoms with Gasteiger partial charge in [-0.05, 0) is 72.9 Å². The third-order valence-corrected chi connectivity index (χ3v) is 5.06. The Balaban J connectivity index is 1.75. The summed E-state index contributed by atoms with van der Waals surface area (Å²) >= 11 is 0. The second-order valence-corrected chi connectivity index (χ2v) is 8.55. The third kappa shape index (κ3) is 5.28. The molecular formula is C25H24F3N2O2. The molecule has 4 nitrogen and oxygen atoms in total. The first-order valence-electron chi connectivity index (χ1n) is 10.0. The number of hydrogen-bond donors (Lipinski definition) is 1. The predicted octanol–water partition coefficient (Wildman–Crippen LogP) is 6.86. The molecule has 1 radical (unpaired) electrons. The monoisotopic (exact) mass is 441 g/mol. The topological polar surface area (TPSA) is 51.2 Å². The van der Waals surface area contributed by atoms with Crippen LogP contribution in [0.2, 0.25) is 0 Å². The number of rotatable bonds is 4. The zero-order valence-corrected chi connectivity index (χ0v) is 18.5. The van der Waals surface area contributed by atoms with Gasteiger partial charge in [0.05, 0.1) is 17.4 Å². The summed E-state index contributed by atoms with van der Waals surface area (Å²) in [6.07, 6.45) is -3.01. The maximum absolute atomic E-state index is 12.7. The normalized spacial score (nSPS) is 11.9. The molecule has 0 atom stereocenters. The molecule has 0 aliphatic carbocycles. The Morgan fingerprint density at radius 2 is 1.69 bits per heavy atom. The van der Waals surface area contributed by atoms with Gasteiger partial charge in [-0.2, -0.15) is 13.2 Å². The van der Waals surface area contributed by atoms with E-state index in [1.807, 2.05) is 19.9 Å². The van der Waals surface area contributed by atoms with Gasteiger partial charge in [-0.3, -0.25) is 4.79 Å². The molecule has 0 fully saturated rings. The lowest BCUT2D eigenvalue weighted by atomic mass is 9.84. The fraction of sp³-hybridized carbons (Fsp3) is 0.280. The number of carbonyl (C=O) groups excluding carboxylic acids is 1. The van der Waals surface area contributed by atoms with E-state index in [-0.39, 0.29) is 11.0 Å². The van der Waals surface area contributed by atoms with Crippen molar-refractivity contribution in [2.75, 3.05) is 5.32 Å². The predicted molar refractivity (Wildman–Crippen MR) is 117 cm³/mol. The standard InChI is InChI=1S/C25H24F3N2O2/c1-15-6-12-20(24(3,4)5)22(16(15)2)32-21-13-11-19(14-29-21)30-23(31)17-7-9-18(10-8-17)25(26,27)28/h7-14H,1-5H3,(H,30,31). The zero-order chi connectivity index (χ0) is 23.7. The number of nitrogens with zero attached hydrogens (tertiary/aromatic N) is 1. The highest BCUT2D eigenvalue weighted by Gasteiger charge is 2.30. The summed E-state index contributed by atoms with van der Waals surface area (Å²) in [5, 5.41) is 2.62. The lowest BCUT2D eigenvalue weighted by Gasteiger charge is -2.24. The smallest absolute Gasteiger partial charge is 0.416 e. The second kappa shape index (κ2) is 8.65. The van der Waals surface area contributed by atoms with Crippen molar-refractivity contribution in [3.05, 3.63) is 82.5 Å². The van der Waals surface area contributed by atoms with Gasteiger partial charge in [-0.25, -0.2) is 4.98 Å². The van der Waals surface area contributed by atoms with Crippen molar-refractivity contribution >= 4 is 11.6 Å². The van der Waals surface area contributed by atoms with Gasteiger partial charge in [0.15, 0.2) is 0 Å². The average Bonchev–Trinajstić information content (AvgIpc) is 2.71. The van der Waals surface area contributed by atoms with E-state index in [1.165, 1.54) is 6.20 Å². The summed E-state index contributed by atoms with van der Waals surface area (Å²) in [5.74, 6) is 0.550. The van der Waals surface area contributed by atoms with Crippen molar-refractivity contribution in [3.8, 4) is 11.6 Å². The largest absolute Gasteiger partial charge is 0.438 e. The number of ether oxygens (including phenoxy) is 1. The molecule has 0 bridgehead atoms. The van der Waals surface area contributed by atoms with Gasteiger partial charge in [0.25, 0.3) is 5.91 Å². The molecule has 0 saturated heterocycles. The number of alkyl halides is 3. The van der Waals surface area contributed by atoms with Crippen LogP contribution in [0.15, 0.2) is 48.7 Å². The Hall–Kier alpha value is -3.35. The van der Waals surface area contributed by atoms with Crippen molar-refractivity contribution in [3.63, 3.8) is 0 Å². The van der Waals surface area contributed by atoms with Crippen molar-refractivity contribution < 1.29 is 22.7 Å². The molecule has 0 unspecified atom stereocenters. The van der Waals surface area contributed by atoms with Crippen molar-refractivity contribution in [1.29, 1.82) is 0 Å². The fourth-order valence-electron chi connectivity index (χ4n) is 3.05. The van der Waals surface area contributed by atoms with Gasteiger partial charge in [-0.1, -0.05) is 20.8 Å². The maximum Gasteiger partial charge on any atom is 0.416 e. The fourth-order valence-corrected chi connectivity index (χ4v) is 3.05. The van der Waals surface area contributed by atoms with Crippen LogP contribution in [0.25, 0.3) is 0 Å². The van der Waals surface area contributed by atoms with Crippen LogP contribution in [-0.4, -0.2) is 10.9 Å². The summed E-state index contributed by atoms with van der Waals surface area (Å²) in [6, 6.07) is 12.4. The molecular weight excluding hydrogens is 417 g/mol. The Labute approximate surface area is 185 Å². The number of amides is 1. The van der Waals surface area contributed by atoms with E-state index >= 15 is 0 Å². The molecule has 0 saturated carbocycles. The number of aromatic nitrogens is 1. The van der Waals surface area contributed by atoms with Crippen molar-refractivity contribution in [2.24, 2.45) is 0 Å². The van der Waals surface area contributed by atoms with Gasteiger partial charge in [0.1, 0.15) is 5.75 Å². The summed E-state index contributed by atoms with van der Waals surface area (Å²) < 4.78 is 44.1. The number of hydrogen-bond acceptors (Lipinski definition) is 3. The quantitative estimate of drug-likeness (QED) is 0.481. The first-order valence-corrected chi connectivity index (χ1v) is 10.0. The van der Waals surface area contributed by atoms with Gasteiger partial charge < -0.3 is 10.1 Å². The number of halogens is 3. The molecule has 3 aromatic rings. The van der Waals surface area contributed by atoms with E-state index in [2.05, 4.69) is 37.1 Å². The van der Waals surface area contributed by atoms with Gasteiger partial charge in [0.2, 0.25) is 5.88 Å². The van der Waals surface area contributed by atoms with Crippen LogP contribution in [0.4, 0.5) is 18.9 Å². The zero-order valence-electron chi connectivity index (χ0n) is 18.5. The minimum Gasteiger partial charge on any atom is -0.438 e. The number of anilines is 1. The van der Waals surface area contributed by atoms with Crippen LogP contribution in [-0.2, 0) is 11.6 Å². The molecule has 0 spiro atoms. The number of carbonyl (C=O) groups is 1. The SMILES string of the molecule is Cc1[c]cc(C(C)(C)C)c(Oc2ccc(NC(=O)c3ccc(C(F)(F)F)cc3)cn2)c1C. The summed E-state index contributed by atoms with van der Waals surface area (Å²) in [6.45, 7) is 10.2. The minimum atomic E-state index is -4.45. The number of pyridine rings is 1. The van der Waals surface area contributed by atoms with E-state index in [0.717, 1.165) is 46.7 Å². The lowest BCUT2D eigenvalue weighted by Crippen LogP contribution is -2.14. The number of aryl methyl sites for hydroxylation is 1. The Kier molecular flexibility index (Phi) is 6.30. The average molecular weight is 441 g/mol.